The van der Waals surface area contributed by atoms with E-state index in [1.807, 2.05) is 6.92 Å². The molecule has 1 aliphatic rings. The molecule has 2 heterocycles. The number of pyridine rings is 1. The SMILES string of the molecule is Cc1nc2ccc(N3CCCCC3)cc2c(-c2ccc(F)cc2)c1C(C)O. The first kappa shape index (κ1) is 17.9. The zero-order valence-corrected chi connectivity index (χ0v) is 15.9. The van der Waals surface area contributed by atoms with Crippen molar-refractivity contribution in [1.29, 1.82) is 0 Å². The van der Waals surface area contributed by atoms with Gasteiger partial charge >= 0.3 is 0 Å². The highest BCUT2D eigenvalue weighted by Gasteiger charge is 2.20. The van der Waals surface area contributed by atoms with E-state index in [0.29, 0.717) is 0 Å². The van der Waals surface area contributed by atoms with Gasteiger partial charge in [-0.1, -0.05) is 12.1 Å². The molecule has 0 bridgehead atoms. The first-order chi connectivity index (χ1) is 13.0. The monoisotopic (exact) mass is 364 g/mol. The van der Waals surface area contributed by atoms with Crippen LogP contribution in [0.2, 0.25) is 0 Å². The number of aliphatic hydroxyl groups excluding tert-OH is 1. The quantitative estimate of drug-likeness (QED) is 0.677. The minimum Gasteiger partial charge on any atom is -0.389 e. The molecule has 1 N–H and O–H groups in total. The Morgan fingerprint density at radius 2 is 1.74 bits per heavy atom. The van der Waals surface area contributed by atoms with Gasteiger partial charge in [-0.05, 0) is 74.6 Å². The van der Waals surface area contributed by atoms with Crippen molar-refractivity contribution in [3.8, 4) is 11.1 Å². The number of anilines is 1. The zero-order chi connectivity index (χ0) is 19.0. The molecule has 1 atom stereocenters. The Hall–Kier alpha value is -2.46. The highest BCUT2D eigenvalue weighted by atomic mass is 19.1. The van der Waals surface area contributed by atoms with Gasteiger partial charge in [0.2, 0.25) is 0 Å². The Kier molecular flexibility index (Phi) is 4.83. The Balaban J connectivity index is 1.97. The van der Waals surface area contributed by atoms with Crippen molar-refractivity contribution in [3.63, 3.8) is 0 Å². The van der Waals surface area contributed by atoms with E-state index >= 15 is 0 Å². The van der Waals surface area contributed by atoms with Crippen LogP contribution in [0.15, 0.2) is 42.5 Å². The molecule has 4 rings (SSSR count). The second-order valence-electron chi connectivity index (χ2n) is 7.42. The van der Waals surface area contributed by atoms with Crippen molar-refractivity contribution in [2.24, 2.45) is 0 Å². The molecule has 3 nitrogen and oxygen atoms in total. The van der Waals surface area contributed by atoms with Gasteiger partial charge in [0.25, 0.3) is 0 Å². The van der Waals surface area contributed by atoms with Crippen molar-refractivity contribution in [1.82, 2.24) is 4.98 Å². The van der Waals surface area contributed by atoms with Crippen molar-refractivity contribution >= 4 is 16.6 Å². The van der Waals surface area contributed by atoms with Gasteiger partial charge in [-0.2, -0.15) is 0 Å². The molecule has 0 saturated carbocycles. The lowest BCUT2D eigenvalue weighted by Crippen LogP contribution is -2.29. The van der Waals surface area contributed by atoms with Crippen LogP contribution in [0, 0.1) is 12.7 Å². The maximum atomic E-state index is 13.5. The van der Waals surface area contributed by atoms with Gasteiger partial charge in [0.1, 0.15) is 5.82 Å². The Labute approximate surface area is 159 Å². The number of hydrogen-bond acceptors (Lipinski definition) is 3. The number of rotatable bonds is 3. The van der Waals surface area contributed by atoms with Gasteiger partial charge in [-0.15, -0.1) is 0 Å². The van der Waals surface area contributed by atoms with Crippen LogP contribution in [-0.2, 0) is 0 Å². The van der Waals surface area contributed by atoms with E-state index in [1.54, 1.807) is 19.1 Å². The molecule has 3 aromatic rings. The van der Waals surface area contributed by atoms with Crippen LogP contribution in [0.1, 0.15) is 43.5 Å². The molecule has 1 fully saturated rings. The van der Waals surface area contributed by atoms with Crippen LogP contribution in [0.4, 0.5) is 10.1 Å². The van der Waals surface area contributed by atoms with Crippen LogP contribution in [0.5, 0.6) is 0 Å². The van der Waals surface area contributed by atoms with E-state index in [0.717, 1.165) is 46.4 Å². The first-order valence-electron chi connectivity index (χ1n) is 9.68. The average Bonchev–Trinajstić information content (AvgIpc) is 2.68. The molecule has 0 spiro atoms. The van der Waals surface area contributed by atoms with Gasteiger partial charge in [0.15, 0.2) is 0 Å². The topological polar surface area (TPSA) is 36.4 Å². The number of aliphatic hydroxyl groups is 1. The van der Waals surface area contributed by atoms with Gasteiger partial charge < -0.3 is 10.0 Å². The molecular weight excluding hydrogens is 339 g/mol. The maximum absolute atomic E-state index is 13.5. The summed E-state index contributed by atoms with van der Waals surface area (Å²) in [5.41, 5.74) is 5.56. The number of aromatic nitrogens is 1. The van der Waals surface area contributed by atoms with Gasteiger partial charge in [-0.3, -0.25) is 4.98 Å². The molecule has 0 amide bonds. The minimum absolute atomic E-state index is 0.263. The number of benzene rings is 2. The Morgan fingerprint density at radius 3 is 2.41 bits per heavy atom. The van der Waals surface area contributed by atoms with Crippen molar-refractivity contribution in [3.05, 3.63) is 59.5 Å². The molecule has 1 unspecified atom stereocenters. The molecule has 2 aromatic carbocycles. The van der Waals surface area contributed by atoms with E-state index < -0.39 is 6.10 Å². The van der Waals surface area contributed by atoms with Crippen LogP contribution < -0.4 is 4.90 Å². The third-order valence-corrected chi connectivity index (χ3v) is 5.47. The fourth-order valence-corrected chi connectivity index (χ4v) is 4.18. The Morgan fingerprint density at radius 1 is 1.04 bits per heavy atom. The predicted molar refractivity (Wildman–Crippen MR) is 109 cm³/mol. The summed E-state index contributed by atoms with van der Waals surface area (Å²) in [6, 6.07) is 12.9. The molecule has 1 aromatic heterocycles. The third kappa shape index (κ3) is 3.42. The molecule has 0 radical (unpaired) electrons. The summed E-state index contributed by atoms with van der Waals surface area (Å²) < 4.78 is 13.5. The molecule has 4 heteroatoms. The smallest absolute Gasteiger partial charge is 0.123 e. The largest absolute Gasteiger partial charge is 0.389 e. The number of fused-ring (bicyclic) bond motifs is 1. The number of aryl methyl sites for hydroxylation is 1. The molecule has 1 saturated heterocycles. The van der Waals surface area contributed by atoms with Crippen molar-refractivity contribution < 1.29 is 9.50 Å². The van der Waals surface area contributed by atoms with E-state index in [4.69, 9.17) is 4.98 Å². The van der Waals surface area contributed by atoms with Gasteiger partial charge in [0.05, 0.1) is 11.6 Å². The van der Waals surface area contributed by atoms with Gasteiger partial charge in [-0.25, -0.2) is 4.39 Å². The zero-order valence-electron chi connectivity index (χ0n) is 15.9. The lowest BCUT2D eigenvalue weighted by molar-refractivity contribution is 0.199. The third-order valence-electron chi connectivity index (χ3n) is 5.47. The molecule has 27 heavy (non-hydrogen) atoms. The van der Waals surface area contributed by atoms with Crippen molar-refractivity contribution in [2.45, 2.75) is 39.2 Å². The van der Waals surface area contributed by atoms with Crippen LogP contribution >= 0.6 is 0 Å². The van der Waals surface area contributed by atoms with E-state index in [2.05, 4.69) is 23.1 Å². The van der Waals surface area contributed by atoms with Crippen LogP contribution in [0.3, 0.4) is 0 Å². The highest BCUT2D eigenvalue weighted by Crippen LogP contribution is 2.38. The summed E-state index contributed by atoms with van der Waals surface area (Å²) in [6.45, 7) is 5.82. The fraction of sp³-hybridized carbons (Fsp3) is 0.348. The highest BCUT2D eigenvalue weighted by molar-refractivity contribution is 5.98. The molecular formula is C23H25FN2O. The molecule has 140 valence electrons. The second kappa shape index (κ2) is 7.28. The standard InChI is InChI=1S/C23H25FN2O/c1-15-22(16(2)27)23(17-6-8-18(24)9-7-17)20-14-19(10-11-21(20)25-15)26-12-4-3-5-13-26/h6-11,14,16,27H,3-5,12-13H2,1-2H3. The summed E-state index contributed by atoms with van der Waals surface area (Å²) in [7, 11) is 0. The van der Waals surface area contributed by atoms with Crippen LogP contribution in [-0.4, -0.2) is 23.2 Å². The normalized spacial score (nSPS) is 15.9. The second-order valence-corrected chi connectivity index (χ2v) is 7.42. The molecule has 1 aliphatic heterocycles. The summed E-state index contributed by atoms with van der Waals surface area (Å²) >= 11 is 0. The number of nitrogens with zero attached hydrogens (tertiary/aromatic N) is 2. The summed E-state index contributed by atoms with van der Waals surface area (Å²) in [6.07, 6.45) is 3.07. The lowest BCUT2D eigenvalue weighted by atomic mass is 9.91. The average molecular weight is 364 g/mol. The van der Waals surface area contributed by atoms with Crippen LogP contribution in [0.25, 0.3) is 22.0 Å². The number of piperidine rings is 1. The summed E-state index contributed by atoms with van der Waals surface area (Å²) in [5, 5.41) is 11.5. The van der Waals surface area contributed by atoms with E-state index in [1.165, 1.54) is 37.1 Å². The van der Waals surface area contributed by atoms with Crippen molar-refractivity contribution in [2.75, 3.05) is 18.0 Å². The maximum Gasteiger partial charge on any atom is 0.123 e. The summed E-state index contributed by atoms with van der Waals surface area (Å²) in [5.74, 6) is -0.263. The molecule has 0 aliphatic carbocycles. The number of halogens is 1. The first-order valence-corrected chi connectivity index (χ1v) is 9.68. The minimum atomic E-state index is -0.652. The number of hydrogen-bond donors (Lipinski definition) is 1. The van der Waals surface area contributed by atoms with Gasteiger partial charge in [0, 0.05) is 35.4 Å². The fourth-order valence-electron chi connectivity index (χ4n) is 4.18. The van der Waals surface area contributed by atoms with E-state index in [-0.39, 0.29) is 5.82 Å². The van der Waals surface area contributed by atoms with E-state index in [9.17, 15) is 9.50 Å². The lowest BCUT2D eigenvalue weighted by Gasteiger charge is -2.29. The Bertz CT molecular complexity index is 960. The summed E-state index contributed by atoms with van der Waals surface area (Å²) in [4.78, 5) is 7.15. The predicted octanol–water partition coefficient (Wildman–Crippen LogP) is 5.39.